The lowest BCUT2D eigenvalue weighted by atomic mass is 10.1. The van der Waals surface area contributed by atoms with Gasteiger partial charge in [-0.3, -0.25) is 0 Å². The van der Waals surface area contributed by atoms with Crippen LogP contribution in [0, 0.1) is 5.92 Å². The fourth-order valence-corrected chi connectivity index (χ4v) is 3.37. The Balaban J connectivity index is 2.62. The van der Waals surface area contributed by atoms with Gasteiger partial charge in [-0.25, -0.2) is 4.99 Å². The average molecular weight is 499 g/mol. The molecule has 6 heteroatoms. The quantitative estimate of drug-likeness (QED) is 0.127. The van der Waals surface area contributed by atoms with Gasteiger partial charge in [0, 0.05) is 17.9 Å². The maximum absolute atomic E-state index is 14.8. The summed E-state index contributed by atoms with van der Waals surface area (Å²) in [5.41, 5.74) is 8.81. The highest BCUT2D eigenvalue weighted by molar-refractivity contribution is 5.54. The Morgan fingerprint density at radius 2 is 2.00 bits per heavy atom. The number of alkyl halides is 2. The van der Waals surface area contributed by atoms with Crippen LogP contribution < -0.4 is 16.4 Å². The summed E-state index contributed by atoms with van der Waals surface area (Å²) < 4.78 is 29.7. The minimum atomic E-state index is -3.17. The summed E-state index contributed by atoms with van der Waals surface area (Å²) in [6, 6.07) is 0. The van der Waals surface area contributed by atoms with Crippen molar-refractivity contribution in [1.29, 1.82) is 0 Å². The van der Waals surface area contributed by atoms with E-state index in [4.69, 9.17) is 5.73 Å². The highest BCUT2D eigenvalue weighted by Crippen LogP contribution is 2.25. The fourth-order valence-electron chi connectivity index (χ4n) is 3.37. The molecule has 0 radical (unpaired) electrons. The molecule has 0 unspecified atom stereocenters. The van der Waals surface area contributed by atoms with Crippen molar-refractivity contribution in [3.63, 3.8) is 0 Å². The summed E-state index contributed by atoms with van der Waals surface area (Å²) in [6.07, 6.45) is 24.0. The summed E-state index contributed by atoms with van der Waals surface area (Å²) in [4.78, 5) is 3.71. The predicted octanol–water partition coefficient (Wildman–Crippen LogP) is 7.25. The van der Waals surface area contributed by atoms with Gasteiger partial charge < -0.3 is 16.4 Å². The van der Waals surface area contributed by atoms with Crippen LogP contribution in [0.15, 0.2) is 101 Å². The summed E-state index contributed by atoms with van der Waals surface area (Å²) in [7, 11) is 0. The summed E-state index contributed by atoms with van der Waals surface area (Å²) in [5.74, 6) is -2.63. The first-order valence-corrected chi connectivity index (χ1v) is 12.8. The van der Waals surface area contributed by atoms with Crippen molar-refractivity contribution in [2.45, 2.75) is 65.7 Å². The molecule has 4 N–H and O–H groups in total. The number of nitrogens with two attached hydrogens (primary N) is 1. The van der Waals surface area contributed by atoms with Crippen molar-refractivity contribution in [3.8, 4) is 0 Å². The predicted molar refractivity (Wildman–Crippen MR) is 152 cm³/mol. The Labute approximate surface area is 216 Å². The Bertz CT molecular complexity index is 929. The number of nitrogens with zero attached hydrogens (tertiary/aromatic N) is 1. The van der Waals surface area contributed by atoms with Gasteiger partial charge >= 0.3 is 5.92 Å². The zero-order chi connectivity index (χ0) is 26.8. The summed E-state index contributed by atoms with van der Waals surface area (Å²) >= 11 is 0. The monoisotopic (exact) mass is 498 g/mol. The van der Waals surface area contributed by atoms with Crippen LogP contribution in [0.5, 0.6) is 0 Å². The van der Waals surface area contributed by atoms with Crippen molar-refractivity contribution in [3.05, 3.63) is 95.6 Å². The van der Waals surface area contributed by atoms with Crippen molar-refractivity contribution >= 4 is 6.34 Å². The molecule has 0 fully saturated rings. The number of hydrogen-bond acceptors (Lipinski definition) is 3. The number of nitrogens with one attached hydrogen (secondary N) is 2. The number of aliphatic imine (C=N–C) groups is 1. The lowest BCUT2D eigenvalue weighted by Crippen LogP contribution is -2.33. The van der Waals surface area contributed by atoms with E-state index in [2.05, 4.69) is 42.1 Å². The Morgan fingerprint density at radius 3 is 2.69 bits per heavy atom. The summed E-state index contributed by atoms with van der Waals surface area (Å²) in [6.45, 7) is 12.6. The molecule has 0 heterocycles. The van der Waals surface area contributed by atoms with Crippen LogP contribution in [0.2, 0.25) is 0 Å². The van der Waals surface area contributed by atoms with Gasteiger partial charge in [0.25, 0.3) is 0 Å². The number of allylic oxidation sites excluding steroid dienone is 12. The first kappa shape index (κ1) is 30.9. The molecule has 0 aromatic heterocycles. The van der Waals surface area contributed by atoms with E-state index in [1.807, 2.05) is 50.3 Å². The molecule has 0 amide bonds. The van der Waals surface area contributed by atoms with Crippen LogP contribution >= 0.6 is 0 Å². The third kappa shape index (κ3) is 13.7. The number of hydrogen-bond donors (Lipinski definition) is 3. The molecular formula is C30H44F2N4. The molecule has 0 aromatic carbocycles. The van der Waals surface area contributed by atoms with Gasteiger partial charge in [0.05, 0.1) is 12.9 Å². The maximum Gasteiger partial charge on any atom is 0.306 e. The molecule has 0 aromatic rings. The highest BCUT2D eigenvalue weighted by atomic mass is 19.3. The van der Waals surface area contributed by atoms with Crippen LogP contribution in [0.25, 0.3) is 0 Å². The average Bonchev–Trinajstić information content (AvgIpc) is 2.80. The molecule has 1 rings (SSSR count). The minimum Gasteiger partial charge on any atom is -0.390 e. The Kier molecular flexibility index (Phi) is 14.8. The Hall–Kier alpha value is -3.15. The SMILES string of the molecule is C=C(/C=C\C=C/C(C)C)CCN\C1=C/C=C\C(NCC(F)(F)/C(=C/C=C(\C)CCC)N=CN)=C\CC1. The molecule has 4 nitrogen and oxygen atoms in total. The first-order chi connectivity index (χ1) is 17.2. The number of halogens is 2. The first-order valence-electron chi connectivity index (χ1n) is 12.8. The molecule has 1 aliphatic carbocycles. The van der Waals surface area contributed by atoms with E-state index in [-0.39, 0.29) is 5.70 Å². The van der Waals surface area contributed by atoms with E-state index in [0.29, 0.717) is 11.6 Å². The molecule has 0 aliphatic heterocycles. The lowest BCUT2D eigenvalue weighted by Gasteiger charge is -2.19. The van der Waals surface area contributed by atoms with E-state index in [9.17, 15) is 8.78 Å². The van der Waals surface area contributed by atoms with Crippen LogP contribution in [0.1, 0.15) is 59.8 Å². The van der Waals surface area contributed by atoms with Gasteiger partial charge in [-0.15, -0.1) is 0 Å². The number of rotatable bonds is 15. The molecule has 1 aliphatic rings. The molecular weight excluding hydrogens is 454 g/mol. The maximum atomic E-state index is 14.8. The molecule has 0 saturated heterocycles. The molecule has 0 spiro atoms. The standard InChI is InChI=1S/C30H44F2N4/c1-6-11-25(4)18-19-29(36-23-33)30(31,32)22-35-28-16-9-14-27(15-10-17-28)34-21-20-26(5)13-8-7-12-24(2)3/h7-9,12-14,16-19,23-24,34-35H,5-6,10-11,15,20-22H2,1-4H3,(H2,33,36)/b12-7-,13-8-,16-9-,25-18+,27-14-,28-17-,29-19-. The minimum absolute atomic E-state index is 0.359. The van der Waals surface area contributed by atoms with Gasteiger partial charge in [-0.1, -0.05) is 87.4 Å². The van der Waals surface area contributed by atoms with E-state index >= 15 is 0 Å². The fraction of sp³-hybridized carbons (Fsp3) is 0.433. The second-order valence-electron chi connectivity index (χ2n) is 9.22. The second-order valence-corrected chi connectivity index (χ2v) is 9.22. The zero-order valence-electron chi connectivity index (χ0n) is 22.4. The highest BCUT2D eigenvalue weighted by Gasteiger charge is 2.33. The van der Waals surface area contributed by atoms with Gasteiger partial charge in [0.15, 0.2) is 0 Å². The van der Waals surface area contributed by atoms with Gasteiger partial charge in [-0.05, 0) is 56.8 Å². The van der Waals surface area contributed by atoms with E-state index in [1.54, 1.807) is 12.2 Å². The molecule has 0 saturated carbocycles. The van der Waals surface area contributed by atoms with Gasteiger partial charge in [0.2, 0.25) is 0 Å². The zero-order valence-corrected chi connectivity index (χ0v) is 22.4. The van der Waals surface area contributed by atoms with Crippen molar-refractivity contribution in [1.82, 2.24) is 10.6 Å². The summed E-state index contributed by atoms with van der Waals surface area (Å²) in [5, 5.41) is 6.31. The van der Waals surface area contributed by atoms with Crippen molar-refractivity contribution < 1.29 is 8.78 Å². The van der Waals surface area contributed by atoms with Crippen molar-refractivity contribution in [2.75, 3.05) is 13.1 Å². The molecule has 0 atom stereocenters. The smallest absolute Gasteiger partial charge is 0.306 e. The molecule has 198 valence electrons. The normalized spacial score (nSPS) is 19.8. The van der Waals surface area contributed by atoms with Crippen LogP contribution in [-0.4, -0.2) is 25.4 Å². The van der Waals surface area contributed by atoms with Crippen molar-refractivity contribution in [2.24, 2.45) is 16.6 Å². The van der Waals surface area contributed by atoms with Gasteiger partial charge in [0.1, 0.15) is 5.70 Å². The Morgan fingerprint density at radius 1 is 1.22 bits per heavy atom. The molecule has 0 bridgehead atoms. The third-order valence-electron chi connectivity index (χ3n) is 5.36. The van der Waals surface area contributed by atoms with Crippen LogP contribution in [0.3, 0.4) is 0 Å². The lowest BCUT2D eigenvalue weighted by molar-refractivity contribution is 0.0436. The van der Waals surface area contributed by atoms with E-state index in [0.717, 1.165) is 61.8 Å². The third-order valence-corrected chi connectivity index (χ3v) is 5.36. The van der Waals surface area contributed by atoms with E-state index < -0.39 is 12.5 Å². The van der Waals surface area contributed by atoms with Crippen LogP contribution in [0.4, 0.5) is 8.78 Å². The topological polar surface area (TPSA) is 62.4 Å². The van der Waals surface area contributed by atoms with Gasteiger partial charge in [-0.2, -0.15) is 8.78 Å². The van der Waals surface area contributed by atoms with E-state index in [1.165, 1.54) is 6.08 Å². The molecule has 36 heavy (non-hydrogen) atoms. The largest absolute Gasteiger partial charge is 0.390 e. The second kappa shape index (κ2) is 17.3. The van der Waals surface area contributed by atoms with Crippen LogP contribution in [-0.2, 0) is 0 Å².